The molecule has 0 spiro atoms. The second-order valence-electron chi connectivity index (χ2n) is 5.31. The average molecular weight is 225 g/mol. The second kappa shape index (κ2) is 6.38. The van der Waals surface area contributed by atoms with Gasteiger partial charge in [0.1, 0.15) is 0 Å². The molecule has 0 aromatic carbocycles. The first-order valence-corrected chi connectivity index (χ1v) is 6.27. The molecule has 0 radical (unpaired) electrons. The molecule has 1 aliphatic heterocycles. The highest BCUT2D eigenvalue weighted by Gasteiger charge is 2.31. The van der Waals surface area contributed by atoms with Gasteiger partial charge in [-0.05, 0) is 53.5 Å². The molecular formula is C13H27N3. The first kappa shape index (κ1) is 13.7. The maximum atomic E-state index is 3.90. The van der Waals surface area contributed by atoms with Crippen LogP contribution >= 0.6 is 0 Å². The van der Waals surface area contributed by atoms with Crippen molar-refractivity contribution in [2.45, 2.75) is 24.8 Å². The van der Waals surface area contributed by atoms with Gasteiger partial charge in [0.05, 0.1) is 0 Å². The van der Waals surface area contributed by atoms with E-state index < -0.39 is 0 Å². The number of hydrogen-bond acceptors (Lipinski definition) is 3. The van der Waals surface area contributed by atoms with E-state index >= 15 is 0 Å². The Kier molecular flexibility index (Phi) is 5.46. The molecule has 0 atom stereocenters. The normalized spacial score (nSPS) is 21.2. The fourth-order valence-corrected chi connectivity index (χ4v) is 2.32. The number of likely N-dealkylation sites (tertiary alicyclic amines) is 1. The molecule has 0 aromatic heterocycles. The summed E-state index contributed by atoms with van der Waals surface area (Å²) in [6.07, 6.45) is 5.63. The molecule has 0 unspecified atom stereocenters. The van der Waals surface area contributed by atoms with Crippen molar-refractivity contribution in [2.75, 3.05) is 47.3 Å². The van der Waals surface area contributed by atoms with Gasteiger partial charge in [-0.25, -0.2) is 0 Å². The van der Waals surface area contributed by atoms with Crippen molar-refractivity contribution in [3.63, 3.8) is 0 Å². The monoisotopic (exact) mass is 225 g/mol. The van der Waals surface area contributed by atoms with Gasteiger partial charge < -0.3 is 15.1 Å². The van der Waals surface area contributed by atoms with Gasteiger partial charge in [-0.2, -0.15) is 0 Å². The van der Waals surface area contributed by atoms with Crippen molar-refractivity contribution < 1.29 is 0 Å². The van der Waals surface area contributed by atoms with E-state index in [4.69, 9.17) is 0 Å². The number of piperidine rings is 1. The molecule has 94 valence electrons. The minimum atomic E-state index is 0.310. The van der Waals surface area contributed by atoms with Crippen molar-refractivity contribution >= 4 is 0 Å². The molecular weight excluding hydrogens is 198 g/mol. The summed E-state index contributed by atoms with van der Waals surface area (Å²) in [5, 5.41) is 3.75. The summed E-state index contributed by atoms with van der Waals surface area (Å²) < 4.78 is 0. The van der Waals surface area contributed by atoms with Gasteiger partial charge >= 0.3 is 0 Å². The van der Waals surface area contributed by atoms with Crippen LogP contribution < -0.4 is 5.32 Å². The zero-order valence-corrected chi connectivity index (χ0v) is 11.1. The van der Waals surface area contributed by atoms with Crippen LogP contribution in [0.4, 0.5) is 0 Å². The van der Waals surface area contributed by atoms with Crippen molar-refractivity contribution in [3.8, 4) is 0 Å². The average Bonchev–Trinajstić information content (AvgIpc) is 2.22. The van der Waals surface area contributed by atoms with Crippen molar-refractivity contribution in [1.29, 1.82) is 0 Å². The molecule has 1 aliphatic rings. The Bertz CT molecular complexity index is 205. The highest BCUT2D eigenvalue weighted by molar-refractivity contribution is 4.97. The van der Waals surface area contributed by atoms with Crippen LogP contribution in [0.15, 0.2) is 12.7 Å². The zero-order valence-electron chi connectivity index (χ0n) is 11.1. The smallest absolute Gasteiger partial charge is 0.0240 e. The largest absolute Gasteiger partial charge is 0.310 e. The second-order valence-corrected chi connectivity index (χ2v) is 5.31. The van der Waals surface area contributed by atoms with Crippen LogP contribution in [0, 0.1) is 0 Å². The van der Waals surface area contributed by atoms with E-state index in [9.17, 15) is 0 Å². The highest BCUT2D eigenvalue weighted by atomic mass is 15.1. The van der Waals surface area contributed by atoms with E-state index in [0.29, 0.717) is 5.54 Å². The predicted molar refractivity (Wildman–Crippen MR) is 70.8 cm³/mol. The molecule has 16 heavy (non-hydrogen) atoms. The summed E-state index contributed by atoms with van der Waals surface area (Å²) in [5.41, 5.74) is 0.310. The molecule has 3 heteroatoms. The fraction of sp³-hybridized carbons (Fsp3) is 0.846. The molecule has 1 saturated heterocycles. The lowest BCUT2D eigenvalue weighted by atomic mass is 9.84. The quantitative estimate of drug-likeness (QED) is 0.685. The van der Waals surface area contributed by atoms with Gasteiger partial charge in [-0.1, -0.05) is 6.08 Å². The van der Waals surface area contributed by atoms with Crippen LogP contribution in [0.1, 0.15) is 19.3 Å². The minimum absolute atomic E-state index is 0.310. The topological polar surface area (TPSA) is 18.5 Å². The van der Waals surface area contributed by atoms with Crippen LogP contribution in [0.25, 0.3) is 0 Å². The Morgan fingerprint density at radius 1 is 1.38 bits per heavy atom. The first-order valence-electron chi connectivity index (χ1n) is 6.27. The summed E-state index contributed by atoms with van der Waals surface area (Å²) in [6, 6.07) is 0. The van der Waals surface area contributed by atoms with Crippen LogP contribution in [0.3, 0.4) is 0 Å². The minimum Gasteiger partial charge on any atom is -0.310 e. The molecule has 1 heterocycles. The maximum Gasteiger partial charge on any atom is 0.0240 e. The molecule has 0 saturated carbocycles. The predicted octanol–water partition coefficient (Wildman–Crippen LogP) is 1.18. The molecule has 0 bridgehead atoms. The van der Waals surface area contributed by atoms with Gasteiger partial charge in [-0.15, -0.1) is 6.58 Å². The van der Waals surface area contributed by atoms with Gasteiger partial charge in [-0.3, -0.25) is 0 Å². The number of nitrogens with one attached hydrogen (secondary N) is 1. The fourth-order valence-electron chi connectivity index (χ4n) is 2.32. The standard InChI is InChI=1S/C13H27N3/c1-5-6-13(14-9-12-15(2)3)7-10-16(4)11-8-13/h5,14H,1,6-12H2,2-4H3. The molecule has 0 amide bonds. The molecule has 1 N–H and O–H groups in total. The van der Waals surface area contributed by atoms with Gasteiger partial charge in [0.25, 0.3) is 0 Å². The number of nitrogens with zero attached hydrogens (tertiary/aromatic N) is 2. The van der Waals surface area contributed by atoms with E-state index in [2.05, 4.69) is 48.9 Å². The molecule has 3 nitrogen and oxygen atoms in total. The van der Waals surface area contributed by atoms with E-state index in [-0.39, 0.29) is 0 Å². The zero-order chi connectivity index (χ0) is 12.0. The van der Waals surface area contributed by atoms with Gasteiger partial charge in [0, 0.05) is 18.6 Å². The van der Waals surface area contributed by atoms with Crippen molar-refractivity contribution in [1.82, 2.24) is 15.1 Å². The molecule has 1 rings (SSSR count). The van der Waals surface area contributed by atoms with Crippen LogP contribution in [0.5, 0.6) is 0 Å². The van der Waals surface area contributed by atoms with Crippen molar-refractivity contribution in [2.24, 2.45) is 0 Å². The van der Waals surface area contributed by atoms with Crippen LogP contribution in [0.2, 0.25) is 0 Å². The first-order chi connectivity index (χ1) is 7.58. The number of hydrogen-bond donors (Lipinski definition) is 1. The number of rotatable bonds is 6. The summed E-state index contributed by atoms with van der Waals surface area (Å²) in [4.78, 5) is 4.64. The lowest BCUT2D eigenvalue weighted by Gasteiger charge is -2.41. The lowest BCUT2D eigenvalue weighted by molar-refractivity contribution is 0.155. The summed E-state index contributed by atoms with van der Waals surface area (Å²) in [5.74, 6) is 0. The Hall–Kier alpha value is -0.380. The Labute approximate surface area is 100 Å². The third-order valence-corrected chi connectivity index (χ3v) is 3.54. The Morgan fingerprint density at radius 3 is 2.50 bits per heavy atom. The van der Waals surface area contributed by atoms with E-state index in [1.165, 1.54) is 25.9 Å². The van der Waals surface area contributed by atoms with Crippen molar-refractivity contribution in [3.05, 3.63) is 12.7 Å². The lowest BCUT2D eigenvalue weighted by Crippen LogP contribution is -2.53. The van der Waals surface area contributed by atoms with E-state index in [1.54, 1.807) is 0 Å². The summed E-state index contributed by atoms with van der Waals surface area (Å²) in [7, 11) is 6.45. The summed E-state index contributed by atoms with van der Waals surface area (Å²) in [6.45, 7) is 8.47. The summed E-state index contributed by atoms with van der Waals surface area (Å²) >= 11 is 0. The van der Waals surface area contributed by atoms with Gasteiger partial charge in [0.15, 0.2) is 0 Å². The Morgan fingerprint density at radius 2 is 2.00 bits per heavy atom. The SMILES string of the molecule is C=CCC1(NCCN(C)C)CCN(C)CC1. The number of likely N-dealkylation sites (N-methyl/N-ethyl adjacent to an activating group) is 1. The van der Waals surface area contributed by atoms with Crippen LogP contribution in [-0.4, -0.2) is 62.7 Å². The molecule has 0 aliphatic carbocycles. The molecule has 1 fully saturated rings. The highest BCUT2D eigenvalue weighted by Crippen LogP contribution is 2.25. The van der Waals surface area contributed by atoms with Gasteiger partial charge in [0.2, 0.25) is 0 Å². The van der Waals surface area contributed by atoms with E-state index in [1.807, 2.05) is 0 Å². The molecule has 0 aromatic rings. The maximum absolute atomic E-state index is 3.90. The Balaban J connectivity index is 2.42. The third kappa shape index (κ3) is 4.24. The third-order valence-electron chi connectivity index (χ3n) is 3.54. The van der Waals surface area contributed by atoms with Crippen LogP contribution in [-0.2, 0) is 0 Å². The van der Waals surface area contributed by atoms with E-state index in [0.717, 1.165) is 19.5 Å².